The van der Waals surface area contributed by atoms with Gasteiger partial charge in [-0.3, -0.25) is 9.59 Å². The number of benzene rings is 2. The molecule has 0 aliphatic rings. The van der Waals surface area contributed by atoms with Crippen LogP contribution in [0.25, 0.3) is 0 Å². The summed E-state index contributed by atoms with van der Waals surface area (Å²) in [6.07, 6.45) is 0. The number of nitrogens with one attached hydrogen (secondary N) is 2. The number of carbonyl (C=O) groups excluding carboxylic acids is 2. The summed E-state index contributed by atoms with van der Waals surface area (Å²) in [6, 6.07) is 8.41. The van der Waals surface area contributed by atoms with Gasteiger partial charge >= 0.3 is 0 Å². The van der Waals surface area contributed by atoms with Crippen molar-refractivity contribution in [3.8, 4) is 11.5 Å². The minimum absolute atomic E-state index is 0.185. The van der Waals surface area contributed by atoms with E-state index in [9.17, 15) is 9.59 Å². The molecule has 0 saturated carbocycles. The van der Waals surface area contributed by atoms with Crippen molar-refractivity contribution in [1.82, 2.24) is 5.32 Å². The summed E-state index contributed by atoms with van der Waals surface area (Å²) in [5.41, 5.74) is 2.28. The van der Waals surface area contributed by atoms with Gasteiger partial charge in [-0.05, 0) is 59.6 Å². The van der Waals surface area contributed by atoms with Crippen LogP contribution in [0.1, 0.15) is 33.2 Å². The zero-order valence-electron chi connectivity index (χ0n) is 15.1. The zero-order valence-corrected chi connectivity index (χ0v) is 16.7. The van der Waals surface area contributed by atoms with Crippen LogP contribution < -0.4 is 20.1 Å². The fourth-order valence-corrected chi connectivity index (χ4v) is 2.91. The van der Waals surface area contributed by atoms with E-state index < -0.39 is 0 Å². The topological polar surface area (TPSA) is 76.7 Å². The molecule has 0 heterocycles. The highest BCUT2D eigenvalue weighted by Crippen LogP contribution is 2.35. The molecular weight excluding hydrogens is 400 g/mol. The molecule has 138 valence electrons. The molecule has 0 radical (unpaired) electrons. The highest BCUT2D eigenvalue weighted by atomic mass is 79.9. The number of halogens is 1. The highest BCUT2D eigenvalue weighted by Gasteiger charge is 2.16. The number of hydrogen-bond donors (Lipinski definition) is 2. The first-order valence-electron chi connectivity index (χ1n) is 8.03. The summed E-state index contributed by atoms with van der Waals surface area (Å²) in [6.45, 7) is 4.25. The Labute approximate surface area is 161 Å². The molecule has 0 bridgehead atoms. The van der Waals surface area contributed by atoms with Crippen LogP contribution >= 0.6 is 15.9 Å². The molecule has 0 unspecified atom stereocenters. The Morgan fingerprint density at radius 3 is 2.15 bits per heavy atom. The van der Waals surface area contributed by atoms with E-state index in [0.717, 1.165) is 5.56 Å². The van der Waals surface area contributed by atoms with Gasteiger partial charge in [-0.25, -0.2) is 0 Å². The summed E-state index contributed by atoms with van der Waals surface area (Å²) in [5.74, 6) is 0.463. The first-order valence-corrected chi connectivity index (χ1v) is 8.82. The van der Waals surface area contributed by atoms with E-state index in [2.05, 4.69) is 26.6 Å². The van der Waals surface area contributed by atoms with Crippen molar-refractivity contribution in [3.63, 3.8) is 0 Å². The van der Waals surface area contributed by atoms with Crippen LogP contribution in [0, 0.1) is 6.92 Å². The van der Waals surface area contributed by atoms with E-state index in [4.69, 9.17) is 9.47 Å². The van der Waals surface area contributed by atoms with Crippen molar-refractivity contribution >= 4 is 33.4 Å². The molecule has 0 aliphatic carbocycles. The normalized spacial score (nSPS) is 10.2. The maximum atomic E-state index is 12.7. The number of anilines is 1. The number of aryl methyl sites for hydroxylation is 1. The number of rotatable bonds is 6. The van der Waals surface area contributed by atoms with Gasteiger partial charge in [-0.15, -0.1) is 0 Å². The van der Waals surface area contributed by atoms with E-state index in [1.807, 2.05) is 13.8 Å². The second-order valence-corrected chi connectivity index (χ2v) is 6.33. The molecule has 0 fully saturated rings. The van der Waals surface area contributed by atoms with Crippen LogP contribution in [0.3, 0.4) is 0 Å². The zero-order chi connectivity index (χ0) is 19.3. The minimum Gasteiger partial charge on any atom is -0.495 e. The van der Waals surface area contributed by atoms with Gasteiger partial charge in [0.1, 0.15) is 16.0 Å². The largest absolute Gasteiger partial charge is 0.495 e. The van der Waals surface area contributed by atoms with Crippen LogP contribution in [0.5, 0.6) is 11.5 Å². The van der Waals surface area contributed by atoms with Gasteiger partial charge in [0, 0.05) is 23.4 Å². The Hall–Kier alpha value is -2.54. The lowest BCUT2D eigenvalue weighted by Crippen LogP contribution is -2.23. The molecule has 6 nitrogen and oxygen atoms in total. The Kier molecular flexibility index (Phi) is 6.63. The number of methoxy groups -OCH3 is 2. The number of hydrogen-bond acceptors (Lipinski definition) is 4. The minimum atomic E-state index is -0.328. The standard InChI is InChI=1S/C19H21BrN2O4/c1-5-21-18(23)12-7-6-11(2)14(8-12)22-19(24)13-9-15(25-3)17(20)16(10-13)26-4/h6-10H,5H2,1-4H3,(H,21,23)(H,22,24). The molecule has 7 heteroatoms. The molecule has 2 rings (SSSR count). The molecule has 2 aromatic rings. The molecule has 0 aromatic heterocycles. The van der Waals surface area contributed by atoms with E-state index in [1.165, 1.54) is 14.2 Å². The SMILES string of the molecule is CCNC(=O)c1ccc(C)c(NC(=O)c2cc(OC)c(Br)c(OC)c2)c1. The monoisotopic (exact) mass is 420 g/mol. The second-order valence-electron chi connectivity index (χ2n) is 5.54. The predicted molar refractivity (Wildman–Crippen MR) is 104 cm³/mol. The second kappa shape index (κ2) is 8.71. The third-order valence-electron chi connectivity index (χ3n) is 3.79. The van der Waals surface area contributed by atoms with Crippen molar-refractivity contribution in [3.05, 3.63) is 51.5 Å². The van der Waals surface area contributed by atoms with Crippen molar-refractivity contribution in [2.24, 2.45) is 0 Å². The maximum absolute atomic E-state index is 12.7. The molecule has 0 aliphatic heterocycles. The lowest BCUT2D eigenvalue weighted by atomic mass is 10.1. The van der Waals surface area contributed by atoms with Crippen LogP contribution in [0.4, 0.5) is 5.69 Å². The van der Waals surface area contributed by atoms with Crippen LogP contribution in [0.2, 0.25) is 0 Å². The molecule has 2 N–H and O–H groups in total. The fourth-order valence-electron chi connectivity index (χ4n) is 2.36. The molecule has 2 amide bonds. The maximum Gasteiger partial charge on any atom is 0.255 e. The lowest BCUT2D eigenvalue weighted by Gasteiger charge is -2.13. The average molecular weight is 421 g/mol. The Morgan fingerprint density at radius 2 is 1.62 bits per heavy atom. The molecule has 0 saturated heterocycles. The van der Waals surface area contributed by atoms with E-state index in [-0.39, 0.29) is 11.8 Å². The van der Waals surface area contributed by atoms with Crippen molar-refractivity contribution in [2.45, 2.75) is 13.8 Å². The van der Waals surface area contributed by atoms with Gasteiger partial charge in [0.2, 0.25) is 0 Å². The number of carbonyl (C=O) groups is 2. The fraction of sp³-hybridized carbons (Fsp3) is 0.263. The van der Waals surface area contributed by atoms with Crippen molar-refractivity contribution in [2.75, 3.05) is 26.1 Å². The van der Waals surface area contributed by atoms with Gasteiger partial charge < -0.3 is 20.1 Å². The van der Waals surface area contributed by atoms with Gasteiger partial charge in [0.25, 0.3) is 11.8 Å². The average Bonchev–Trinajstić information content (AvgIpc) is 2.63. The summed E-state index contributed by atoms with van der Waals surface area (Å²) in [5, 5.41) is 5.58. The van der Waals surface area contributed by atoms with E-state index in [0.29, 0.717) is 39.3 Å². The van der Waals surface area contributed by atoms with Gasteiger partial charge in [0.15, 0.2) is 0 Å². The lowest BCUT2D eigenvalue weighted by molar-refractivity contribution is 0.0954. The summed E-state index contributed by atoms with van der Waals surface area (Å²) >= 11 is 3.38. The number of amides is 2. The Bertz CT molecular complexity index is 811. The molecule has 0 atom stereocenters. The smallest absolute Gasteiger partial charge is 0.255 e. The third kappa shape index (κ3) is 4.35. The first kappa shape index (κ1) is 19.8. The first-order chi connectivity index (χ1) is 12.4. The molecule has 26 heavy (non-hydrogen) atoms. The summed E-state index contributed by atoms with van der Waals surface area (Å²) in [7, 11) is 3.03. The highest BCUT2D eigenvalue weighted by molar-refractivity contribution is 9.10. The molecule has 0 spiro atoms. The summed E-state index contributed by atoms with van der Waals surface area (Å²) in [4.78, 5) is 24.7. The van der Waals surface area contributed by atoms with Gasteiger partial charge in [-0.2, -0.15) is 0 Å². The summed E-state index contributed by atoms with van der Waals surface area (Å²) < 4.78 is 11.2. The van der Waals surface area contributed by atoms with Gasteiger partial charge in [0.05, 0.1) is 14.2 Å². The third-order valence-corrected chi connectivity index (χ3v) is 4.57. The quantitative estimate of drug-likeness (QED) is 0.745. The van der Waals surface area contributed by atoms with E-state index >= 15 is 0 Å². The van der Waals surface area contributed by atoms with Crippen LogP contribution in [-0.4, -0.2) is 32.6 Å². The van der Waals surface area contributed by atoms with Crippen LogP contribution in [0.15, 0.2) is 34.8 Å². The molecular formula is C19H21BrN2O4. The van der Waals surface area contributed by atoms with Gasteiger partial charge in [-0.1, -0.05) is 6.07 Å². The predicted octanol–water partition coefficient (Wildman–Crippen LogP) is 3.78. The Morgan fingerprint density at radius 1 is 1.00 bits per heavy atom. The van der Waals surface area contributed by atoms with Crippen LogP contribution in [-0.2, 0) is 0 Å². The van der Waals surface area contributed by atoms with Crippen molar-refractivity contribution < 1.29 is 19.1 Å². The van der Waals surface area contributed by atoms with E-state index in [1.54, 1.807) is 30.3 Å². The van der Waals surface area contributed by atoms with Crippen molar-refractivity contribution in [1.29, 1.82) is 0 Å². The Balaban J connectivity index is 2.33. The molecule has 2 aromatic carbocycles. The number of ether oxygens (including phenoxy) is 2.